The van der Waals surface area contributed by atoms with Crippen LogP contribution in [0.4, 0.5) is 0 Å². The number of carbonyl (C=O) groups is 2. The molecule has 2 saturated heterocycles. The van der Waals surface area contributed by atoms with Gasteiger partial charge in [-0.1, -0.05) is 86.3 Å². The summed E-state index contributed by atoms with van der Waals surface area (Å²) in [5.74, 6) is 0.864. The van der Waals surface area contributed by atoms with E-state index in [0.29, 0.717) is 11.6 Å². The number of ketones is 2. The van der Waals surface area contributed by atoms with E-state index in [0.717, 1.165) is 104 Å². The van der Waals surface area contributed by atoms with E-state index < -0.39 is 0 Å². The van der Waals surface area contributed by atoms with E-state index in [1.807, 2.05) is 36.4 Å². The number of benzene rings is 2. The lowest BCUT2D eigenvalue weighted by atomic mass is 10.1. The van der Waals surface area contributed by atoms with Gasteiger partial charge in [0.25, 0.3) is 0 Å². The van der Waals surface area contributed by atoms with Crippen molar-refractivity contribution >= 4 is 11.6 Å². The summed E-state index contributed by atoms with van der Waals surface area (Å²) in [7, 11) is 0. The van der Waals surface area contributed by atoms with E-state index in [9.17, 15) is 9.59 Å². The molecule has 2 aliphatic heterocycles. The highest BCUT2D eigenvalue weighted by Crippen LogP contribution is 2.10. The van der Waals surface area contributed by atoms with E-state index in [1.54, 1.807) is 0 Å². The van der Waals surface area contributed by atoms with Crippen LogP contribution in [0.5, 0.6) is 0 Å². The molecule has 6 heteroatoms. The lowest BCUT2D eigenvalue weighted by Crippen LogP contribution is -2.34. The summed E-state index contributed by atoms with van der Waals surface area (Å²) in [5.41, 5.74) is 2.49. The molecule has 2 aromatic carbocycles. The molecular formula is C36H54N2O4. The molecule has 2 aromatic rings. The Hall–Kier alpha value is -2.38. The maximum atomic E-state index is 11.1. The fraction of sp³-hybridized carbons (Fsp3) is 0.611. The number of unbranched alkanes of at least 4 members (excludes halogenated alkanes) is 6. The molecular weight excluding hydrogens is 524 g/mol. The molecule has 0 aromatic heterocycles. The van der Waals surface area contributed by atoms with Gasteiger partial charge in [0, 0.05) is 65.1 Å². The molecule has 232 valence electrons. The number of ether oxygens (including phenoxy) is 2. The van der Waals surface area contributed by atoms with E-state index >= 15 is 0 Å². The first-order valence-corrected chi connectivity index (χ1v) is 16.4. The maximum Gasteiger partial charge on any atom is 0.135 e. The van der Waals surface area contributed by atoms with E-state index in [2.05, 4.69) is 34.1 Å². The van der Waals surface area contributed by atoms with Crippen LogP contribution in [0.25, 0.3) is 0 Å². The van der Waals surface area contributed by atoms with Gasteiger partial charge in [0.15, 0.2) is 0 Å². The lowest BCUT2D eigenvalue weighted by Gasteiger charge is -2.25. The second kappa shape index (κ2) is 22.2. The highest BCUT2D eigenvalue weighted by atomic mass is 16.5. The number of hydrogen-bond donors (Lipinski definition) is 0. The second-order valence-corrected chi connectivity index (χ2v) is 11.7. The summed E-state index contributed by atoms with van der Waals surface area (Å²) < 4.78 is 11.4. The lowest BCUT2D eigenvalue weighted by molar-refractivity contribution is -0.122. The van der Waals surface area contributed by atoms with Gasteiger partial charge < -0.3 is 19.3 Å². The fourth-order valence-corrected chi connectivity index (χ4v) is 5.37. The highest BCUT2D eigenvalue weighted by Gasteiger charge is 2.15. The third kappa shape index (κ3) is 16.3. The highest BCUT2D eigenvalue weighted by molar-refractivity contribution is 5.79. The zero-order valence-corrected chi connectivity index (χ0v) is 25.9. The van der Waals surface area contributed by atoms with Crippen LogP contribution < -0.4 is 0 Å². The van der Waals surface area contributed by atoms with Crippen molar-refractivity contribution in [3.8, 4) is 0 Å². The van der Waals surface area contributed by atoms with Crippen LogP contribution in [0.15, 0.2) is 60.7 Å². The largest absolute Gasteiger partial charge is 0.377 e. The molecule has 0 radical (unpaired) electrons. The molecule has 42 heavy (non-hydrogen) atoms. The van der Waals surface area contributed by atoms with E-state index in [4.69, 9.17) is 9.47 Å². The smallest absolute Gasteiger partial charge is 0.135 e. The number of likely N-dealkylation sites (tertiary alicyclic amines) is 2. The van der Waals surface area contributed by atoms with Gasteiger partial charge in [-0.25, -0.2) is 0 Å². The normalized spacial score (nSPS) is 16.3. The Morgan fingerprint density at radius 3 is 1.21 bits per heavy atom. The van der Waals surface area contributed by atoms with E-state index in [1.165, 1.54) is 49.7 Å². The third-order valence-electron chi connectivity index (χ3n) is 8.08. The molecule has 0 atom stereocenters. The van der Waals surface area contributed by atoms with Gasteiger partial charge >= 0.3 is 0 Å². The van der Waals surface area contributed by atoms with Crippen molar-refractivity contribution in [2.45, 2.75) is 90.3 Å². The van der Waals surface area contributed by atoms with Crippen molar-refractivity contribution in [2.24, 2.45) is 0 Å². The van der Waals surface area contributed by atoms with Crippen LogP contribution in [0.2, 0.25) is 0 Å². The molecule has 0 saturated carbocycles. The standard InChI is InChI=1S/2C18H27NO2/c2*20-18-10-13-19(14-11-18)12-6-1-2-7-15-21-16-17-8-4-3-5-9-17/h2*3-5,8-9H,1-2,6-7,10-16H2. The average Bonchev–Trinajstić information content (AvgIpc) is 3.03. The van der Waals surface area contributed by atoms with Crippen LogP contribution in [-0.4, -0.2) is 73.8 Å². The van der Waals surface area contributed by atoms with Gasteiger partial charge in [-0.15, -0.1) is 0 Å². The topological polar surface area (TPSA) is 59.1 Å². The Labute approximate surface area is 254 Å². The molecule has 6 nitrogen and oxygen atoms in total. The summed E-state index contributed by atoms with van der Waals surface area (Å²) >= 11 is 0. The Morgan fingerprint density at radius 1 is 0.476 bits per heavy atom. The Bertz CT molecular complexity index is 869. The number of nitrogens with zero attached hydrogens (tertiary/aromatic N) is 2. The predicted octanol–water partition coefficient (Wildman–Crippen LogP) is 6.86. The van der Waals surface area contributed by atoms with Gasteiger partial charge in [-0.3, -0.25) is 9.59 Å². The third-order valence-corrected chi connectivity index (χ3v) is 8.08. The number of Topliss-reactive ketones (excluding diaryl/α,β-unsaturated/α-hetero) is 2. The number of piperidine rings is 2. The zero-order valence-electron chi connectivity index (χ0n) is 25.9. The zero-order chi connectivity index (χ0) is 29.5. The minimum Gasteiger partial charge on any atom is -0.377 e. The first-order valence-electron chi connectivity index (χ1n) is 16.4. The van der Waals surface area contributed by atoms with Gasteiger partial charge in [0.05, 0.1) is 13.2 Å². The van der Waals surface area contributed by atoms with Gasteiger partial charge in [0.1, 0.15) is 11.6 Å². The van der Waals surface area contributed by atoms with Crippen molar-refractivity contribution in [2.75, 3.05) is 52.5 Å². The molecule has 0 spiro atoms. The number of hydrogen-bond acceptors (Lipinski definition) is 6. The van der Waals surface area contributed by atoms with Crippen molar-refractivity contribution in [3.05, 3.63) is 71.8 Å². The summed E-state index contributed by atoms with van der Waals surface area (Å²) in [4.78, 5) is 27.1. The maximum absolute atomic E-state index is 11.1. The van der Waals surface area contributed by atoms with Crippen molar-refractivity contribution in [1.29, 1.82) is 0 Å². The van der Waals surface area contributed by atoms with Crippen molar-refractivity contribution < 1.29 is 19.1 Å². The first-order chi connectivity index (χ1) is 20.7. The van der Waals surface area contributed by atoms with Crippen molar-refractivity contribution in [3.63, 3.8) is 0 Å². The van der Waals surface area contributed by atoms with Crippen molar-refractivity contribution in [1.82, 2.24) is 9.80 Å². The molecule has 0 amide bonds. The summed E-state index contributed by atoms with van der Waals surface area (Å²) in [6, 6.07) is 20.7. The van der Waals surface area contributed by atoms with Gasteiger partial charge in [-0.05, 0) is 49.9 Å². The quantitative estimate of drug-likeness (QED) is 0.180. The Morgan fingerprint density at radius 2 is 0.833 bits per heavy atom. The summed E-state index contributed by atoms with van der Waals surface area (Å²) in [5, 5.41) is 0. The molecule has 2 fully saturated rings. The molecule has 4 rings (SSSR count). The minimum atomic E-state index is 0.432. The Kier molecular flexibility index (Phi) is 18.0. The number of rotatable bonds is 18. The molecule has 2 heterocycles. The summed E-state index contributed by atoms with van der Waals surface area (Å²) in [6.07, 6.45) is 12.8. The van der Waals surface area contributed by atoms with Gasteiger partial charge in [-0.2, -0.15) is 0 Å². The van der Waals surface area contributed by atoms with Crippen LogP contribution >= 0.6 is 0 Å². The van der Waals surface area contributed by atoms with Gasteiger partial charge in [0.2, 0.25) is 0 Å². The molecule has 2 aliphatic rings. The predicted molar refractivity (Wildman–Crippen MR) is 170 cm³/mol. The minimum absolute atomic E-state index is 0.432. The van der Waals surface area contributed by atoms with Crippen LogP contribution in [0.3, 0.4) is 0 Å². The first kappa shape index (κ1) is 34.1. The number of carbonyl (C=O) groups excluding carboxylic acids is 2. The summed E-state index contributed by atoms with van der Waals surface area (Å²) in [6.45, 7) is 9.35. The molecule has 0 unspecified atom stereocenters. The molecule has 0 bridgehead atoms. The molecule has 0 N–H and O–H groups in total. The monoisotopic (exact) mass is 578 g/mol. The average molecular weight is 579 g/mol. The van der Waals surface area contributed by atoms with Crippen LogP contribution in [-0.2, 0) is 32.3 Å². The fourth-order valence-electron chi connectivity index (χ4n) is 5.37. The van der Waals surface area contributed by atoms with Crippen LogP contribution in [0.1, 0.15) is 88.2 Å². The second-order valence-electron chi connectivity index (χ2n) is 11.7. The molecule has 0 aliphatic carbocycles. The van der Waals surface area contributed by atoms with E-state index in [-0.39, 0.29) is 0 Å². The SMILES string of the molecule is O=C1CCN(CCCCCCOCc2ccccc2)CC1.O=C1CCN(CCCCCCOCc2ccccc2)CC1. The Balaban J connectivity index is 0.000000230. The van der Waals surface area contributed by atoms with Crippen LogP contribution in [0, 0.1) is 0 Å².